The lowest BCUT2D eigenvalue weighted by Gasteiger charge is -2.15. The molecule has 0 amide bonds. The molecule has 0 radical (unpaired) electrons. The summed E-state index contributed by atoms with van der Waals surface area (Å²) in [6, 6.07) is 10.0. The molecule has 0 saturated carbocycles. The molecule has 21 heavy (non-hydrogen) atoms. The number of rotatable bonds is 5. The first-order valence-electron chi connectivity index (χ1n) is 7.44. The fourth-order valence-electron chi connectivity index (χ4n) is 2.34. The lowest BCUT2D eigenvalue weighted by Crippen LogP contribution is -2.15. The predicted octanol–water partition coefficient (Wildman–Crippen LogP) is 4.75. The van der Waals surface area contributed by atoms with E-state index in [1.807, 2.05) is 30.3 Å². The fraction of sp³-hybridized carbons (Fsp3) is 0.444. The SMILES string of the molecule is CCC(C(=O)Cc1nc(C(C)(C)C)cs1)c1ccccc1. The Kier molecular flexibility index (Phi) is 4.94. The smallest absolute Gasteiger partial charge is 0.147 e. The maximum absolute atomic E-state index is 12.6. The van der Waals surface area contributed by atoms with Gasteiger partial charge in [0.05, 0.1) is 12.1 Å². The lowest BCUT2D eigenvalue weighted by molar-refractivity contribution is -0.119. The van der Waals surface area contributed by atoms with Crippen molar-refractivity contribution in [3.8, 4) is 0 Å². The minimum atomic E-state index is -0.0202. The van der Waals surface area contributed by atoms with E-state index >= 15 is 0 Å². The molecule has 112 valence electrons. The van der Waals surface area contributed by atoms with Gasteiger partial charge in [0.25, 0.3) is 0 Å². The highest BCUT2D eigenvalue weighted by Gasteiger charge is 2.22. The van der Waals surface area contributed by atoms with E-state index in [1.165, 1.54) is 0 Å². The third-order valence-corrected chi connectivity index (χ3v) is 4.49. The first kappa shape index (κ1) is 15.9. The van der Waals surface area contributed by atoms with Gasteiger partial charge in [-0.1, -0.05) is 58.0 Å². The van der Waals surface area contributed by atoms with Gasteiger partial charge in [-0.05, 0) is 12.0 Å². The number of hydrogen-bond donors (Lipinski definition) is 0. The van der Waals surface area contributed by atoms with E-state index in [0.29, 0.717) is 6.42 Å². The molecule has 1 aromatic carbocycles. The Morgan fingerprint density at radius 3 is 2.43 bits per heavy atom. The maximum Gasteiger partial charge on any atom is 0.147 e. The zero-order valence-electron chi connectivity index (χ0n) is 13.2. The highest BCUT2D eigenvalue weighted by molar-refractivity contribution is 7.09. The monoisotopic (exact) mass is 301 g/mol. The minimum absolute atomic E-state index is 0.0202. The van der Waals surface area contributed by atoms with E-state index in [4.69, 9.17) is 0 Å². The molecule has 0 aliphatic heterocycles. The Labute approximate surface area is 131 Å². The molecule has 0 saturated heterocycles. The maximum atomic E-state index is 12.6. The number of nitrogens with zero attached hydrogens (tertiary/aromatic N) is 1. The van der Waals surface area contributed by atoms with Crippen molar-refractivity contribution in [1.29, 1.82) is 0 Å². The number of thiazole rings is 1. The second kappa shape index (κ2) is 6.52. The van der Waals surface area contributed by atoms with Crippen molar-refractivity contribution < 1.29 is 4.79 Å². The summed E-state index contributed by atoms with van der Waals surface area (Å²) < 4.78 is 0. The molecule has 2 aromatic rings. The van der Waals surface area contributed by atoms with Gasteiger partial charge in [-0.3, -0.25) is 4.79 Å². The summed E-state index contributed by atoms with van der Waals surface area (Å²) in [7, 11) is 0. The summed E-state index contributed by atoms with van der Waals surface area (Å²) in [6.45, 7) is 8.50. The van der Waals surface area contributed by atoms with E-state index in [2.05, 4.69) is 38.1 Å². The van der Waals surface area contributed by atoms with Gasteiger partial charge < -0.3 is 0 Å². The van der Waals surface area contributed by atoms with Crippen LogP contribution < -0.4 is 0 Å². The van der Waals surface area contributed by atoms with Gasteiger partial charge in [-0.25, -0.2) is 4.98 Å². The van der Waals surface area contributed by atoms with Gasteiger partial charge in [0.15, 0.2) is 0 Å². The molecule has 1 atom stereocenters. The molecule has 0 aliphatic carbocycles. The predicted molar refractivity (Wildman–Crippen MR) is 89.0 cm³/mol. The highest BCUT2D eigenvalue weighted by Crippen LogP contribution is 2.26. The van der Waals surface area contributed by atoms with E-state index in [1.54, 1.807) is 11.3 Å². The standard InChI is InChI=1S/C18H23NOS/c1-5-14(13-9-7-6-8-10-13)15(20)11-17-19-16(12-21-17)18(2,3)4/h6-10,12,14H,5,11H2,1-4H3. The third kappa shape index (κ3) is 4.01. The van der Waals surface area contributed by atoms with Crippen LogP contribution in [0.15, 0.2) is 35.7 Å². The summed E-state index contributed by atoms with van der Waals surface area (Å²) in [6.07, 6.45) is 1.27. The Morgan fingerprint density at radius 2 is 1.90 bits per heavy atom. The number of benzene rings is 1. The van der Waals surface area contributed by atoms with Gasteiger partial charge in [0.2, 0.25) is 0 Å². The molecular weight excluding hydrogens is 278 g/mol. The number of aromatic nitrogens is 1. The Balaban J connectivity index is 2.11. The summed E-state index contributed by atoms with van der Waals surface area (Å²) in [5, 5.41) is 3.01. The van der Waals surface area contributed by atoms with Crippen molar-refractivity contribution >= 4 is 17.1 Å². The zero-order chi connectivity index (χ0) is 15.5. The first-order valence-corrected chi connectivity index (χ1v) is 8.32. The molecule has 0 bridgehead atoms. The molecule has 0 N–H and O–H groups in total. The average Bonchev–Trinajstić information content (AvgIpc) is 2.89. The summed E-state index contributed by atoms with van der Waals surface area (Å²) >= 11 is 1.60. The molecule has 1 aromatic heterocycles. The van der Waals surface area contributed by atoms with Crippen LogP contribution in [0.25, 0.3) is 0 Å². The molecule has 2 rings (SSSR count). The van der Waals surface area contributed by atoms with Gasteiger partial charge in [0, 0.05) is 16.7 Å². The van der Waals surface area contributed by atoms with Crippen molar-refractivity contribution in [2.24, 2.45) is 0 Å². The van der Waals surface area contributed by atoms with Gasteiger partial charge in [0.1, 0.15) is 10.8 Å². The summed E-state index contributed by atoms with van der Waals surface area (Å²) in [5.41, 5.74) is 2.22. The van der Waals surface area contributed by atoms with Gasteiger partial charge in [-0.2, -0.15) is 0 Å². The quantitative estimate of drug-likeness (QED) is 0.798. The highest BCUT2D eigenvalue weighted by atomic mass is 32.1. The van der Waals surface area contributed by atoms with Crippen LogP contribution in [0.3, 0.4) is 0 Å². The Morgan fingerprint density at radius 1 is 1.24 bits per heavy atom. The van der Waals surface area contributed by atoms with E-state index in [9.17, 15) is 4.79 Å². The van der Waals surface area contributed by atoms with Gasteiger partial charge >= 0.3 is 0 Å². The topological polar surface area (TPSA) is 30.0 Å². The van der Waals surface area contributed by atoms with Crippen LogP contribution in [0, 0.1) is 0 Å². The number of ketones is 1. The normalized spacial score (nSPS) is 13.1. The van der Waals surface area contributed by atoms with Gasteiger partial charge in [-0.15, -0.1) is 11.3 Å². The van der Waals surface area contributed by atoms with Crippen LogP contribution in [0.1, 0.15) is 56.3 Å². The van der Waals surface area contributed by atoms with Crippen LogP contribution in [0.5, 0.6) is 0 Å². The summed E-state index contributed by atoms with van der Waals surface area (Å²) in [4.78, 5) is 17.2. The number of Topliss-reactive ketones (excluding diaryl/α,β-unsaturated/α-hetero) is 1. The second-order valence-corrected chi connectivity index (χ2v) is 7.33. The van der Waals surface area contributed by atoms with Crippen LogP contribution in [0.2, 0.25) is 0 Å². The van der Waals surface area contributed by atoms with Crippen molar-refractivity contribution in [1.82, 2.24) is 4.98 Å². The lowest BCUT2D eigenvalue weighted by atomic mass is 9.91. The van der Waals surface area contributed by atoms with E-state index < -0.39 is 0 Å². The van der Waals surface area contributed by atoms with Crippen LogP contribution in [-0.2, 0) is 16.6 Å². The van der Waals surface area contributed by atoms with Crippen molar-refractivity contribution in [3.05, 3.63) is 52.0 Å². The van der Waals surface area contributed by atoms with Crippen LogP contribution in [0.4, 0.5) is 0 Å². The van der Waals surface area contributed by atoms with Crippen molar-refractivity contribution in [2.75, 3.05) is 0 Å². The van der Waals surface area contributed by atoms with E-state index in [0.717, 1.165) is 22.7 Å². The second-order valence-electron chi connectivity index (χ2n) is 6.39. The largest absolute Gasteiger partial charge is 0.299 e. The molecule has 1 unspecified atom stereocenters. The number of carbonyl (C=O) groups excluding carboxylic acids is 1. The summed E-state index contributed by atoms with van der Waals surface area (Å²) in [5.74, 6) is 0.242. The first-order chi connectivity index (χ1) is 9.91. The molecule has 0 fully saturated rings. The fourth-order valence-corrected chi connectivity index (χ4v) is 3.37. The van der Waals surface area contributed by atoms with E-state index in [-0.39, 0.29) is 17.1 Å². The number of carbonyl (C=O) groups is 1. The molecule has 0 aliphatic rings. The molecule has 0 spiro atoms. The van der Waals surface area contributed by atoms with Crippen LogP contribution >= 0.6 is 11.3 Å². The molecular formula is C18H23NOS. The van der Waals surface area contributed by atoms with Crippen molar-refractivity contribution in [3.63, 3.8) is 0 Å². The third-order valence-electron chi connectivity index (χ3n) is 3.64. The molecule has 3 heteroatoms. The molecule has 1 heterocycles. The Hall–Kier alpha value is -1.48. The van der Waals surface area contributed by atoms with Crippen LogP contribution in [-0.4, -0.2) is 10.8 Å². The molecule has 2 nitrogen and oxygen atoms in total. The minimum Gasteiger partial charge on any atom is -0.299 e. The zero-order valence-corrected chi connectivity index (χ0v) is 14.0. The average molecular weight is 301 g/mol. The number of hydrogen-bond acceptors (Lipinski definition) is 3. The van der Waals surface area contributed by atoms with Crippen molar-refractivity contribution in [2.45, 2.75) is 51.9 Å². The Bertz CT molecular complexity index is 595.